The van der Waals surface area contributed by atoms with Crippen LogP contribution < -0.4 is 0 Å². The molecule has 1 aliphatic heterocycles. The summed E-state index contributed by atoms with van der Waals surface area (Å²) in [5.74, 6) is 0.0649. The van der Waals surface area contributed by atoms with Gasteiger partial charge in [-0.05, 0) is 37.1 Å². The van der Waals surface area contributed by atoms with Crippen LogP contribution in [0.15, 0.2) is 29.6 Å². The van der Waals surface area contributed by atoms with Crippen LogP contribution in [0.3, 0.4) is 0 Å². The van der Waals surface area contributed by atoms with Crippen molar-refractivity contribution < 1.29 is 14.3 Å². The molecule has 1 fully saturated rings. The van der Waals surface area contributed by atoms with E-state index in [1.807, 2.05) is 5.38 Å². The van der Waals surface area contributed by atoms with E-state index in [0.29, 0.717) is 19.0 Å². The molecule has 0 spiro atoms. The Morgan fingerprint density at radius 3 is 2.57 bits per heavy atom. The number of amides is 1. The Labute approximate surface area is 125 Å². The van der Waals surface area contributed by atoms with Crippen molar-refractivity contribution in [2.75, 3.05) is 13.1 Å². The Morgan fingerprint density at radius 2 is 1.95 bits per heavy atom. The number of nitrogens with zero attached hydrogens (tertiary/aromatic N) is 2. The zero-order valence-electron chi connectivity index (χ0n) is 11.3. The van der Waals surface area contributed by atoms with Crippen molar-refractivity contribution in [2.45, 2.75) is 18.8 Å². The maximum Gasteiger partial charge on any atom is 0.407 e. The fourth-order valence-corrected chi connectivity index (χ4v) is 3.55. The third-order valence-electron chi connectivity index (χ3n) is 3.78. The molecular formula is C15H15FN2O2S. The molecular weight excluding hydrogens is 291 g/mol. The average molecular weight is 306 g/mol. The molecule has 1 amide bonds. The molecule has 2 aromatic rings. The van der Waals surface area contributed by atoms with Gasteiger partial charge in [0.05, 0.1) is 10.7 Å². The largest absolute Gasteiger partial charge is 0.465 e. The Bertz CT molecular complexity index is 633. The van der Waals surface area contributed by atoms with Crippen molar-refractivity contribution in [1.29, 1.82) is 0 Å². The molecule has 21 heavy (non-hydrogen) atoms. The summed E-state index contributed by atoms with van der Waals surface area (Å²) in [5, 5.41) is 12.0. The third kappa shape index (κ3) is 3.05. The van der Waals surface area contributed by atoms with Crippen LogP contribution in [0.4, 0.5) is 9.18 Å². The van der Waals surface area contributed by atoms with Gasteiger partial charge >= 0.3 is 6.09 Å². The van der Waals surface area contributed by atoms with Crippen LogP contribution >= 0.6 is 11.3 Å². The molecule has 6 heteroatoms. The third-order valence-corrected chi connectivity index (χ3v) is 4.78. The highest BCUT2D eigenvalue weighted by molar-refractivity contribution is 7.10. The maximum absolute atomic E-state index is 12.9. The standard InChI is InChI=1S/C15H15FN2O2S/c16-12-3-1-10(2-4-12)13-9-21-14(17-13)11-5-7-18(8-6-11)15(19)20/h1-4,9,11H,5-8H2,(H,19,20). The van der Waals surface area contributed by atoms with E-state index >= 15 is 0 Å². The van der Waals surface area contributed by atoms with Crippen LogP contribution in [0.2, 0.25) is 0 Å². The van der Waals surface area contributed by atoms with Gasteiger partial charge in [-0.25, -0.2) is 14.2 Å². The van der Waals surface area contributed by atoms with Gasteiger partial charge in [0.1, 0.15) is 5.82 Å². The highest BCUT2D eigenvalue weighted by Crippen LogP contribution is 2.32. The molecule has 1 aliphatic rings. The number of piperidine rings is 1. The van der Waals surface area contributed by atoms with E-state index in [0.717, 1.165) is 29.1 Å². The maximum atomic E-state index is 12.9. The predicted molar refractivity (Wildman–Crippen MR) is 79.1 cm³/mol. The molecule has 0 bridgehead atoms. The lowest BCUT2D eigenvalue weighted by Crippen LogP contribution is -2.36. The second-order valence-corrected chi connectivity index (χ2v) is 6.01. The highest BCUT2D eigenvalue weighted by atomic mass is 32.1. The molecule has 0 aliphatic carbocycles. The summed E-state index contributed by atoms with van der Waals surface area (Å²) in [4.78, 5) is 17.0. The van der Waals surface area contributed by atoms with Gasteiger partial charge in [0.15, 0.2) is 0 Å². The first-order valence-electron chi connectivity index (χ1n) is 6.83. The highest BCUT2D eigenvalue weighted by Gasteiger charge is 2.25. The molecule has 2 heterocycles. The van der Waals surface area contributed by atoms with Gasteiger partial charge in [0, 0.05) is 30.0 Å². The summed E-state index contributed by atoms with van der Waals surface area (Å²) in [5.41, 5.74) is 1.76. The lowest BCUT2D eigenvalue weighted by molar-refractivity contribution is 0.132. The Kier molecular flexibility index (Phi) is 3.88. The quantitative estimate of drug-likeness (QED) is 0.918. The number of hydrogen-bond donors (Lipinski definition) is 1. The first kappa shape index (κ1) is 14.0. The van der Waals surface area contributed by atoms with Crippen LogP contribution in [-0.2, 0) is 0 Å². The monoisotopic (exact) mass is 306 g/mol. The molecule has 1 N–H and O–H groups in total. The van der Waals surface area contributed by atoms with Crippen LogP contribution in [0, 0.1) is 5.82 Å². The Hall–Kier alpha value is -1.95. The van der Waals surface area contributed by atoms with Crippen LogP contribution in [0.25, 0.3) is 11.3 Å². The van der Waals surface area contributed by atoms with Gasteiger partial charge in [0.25, 0.3) is 0 Å². The molecule has 4 nitrogen and oxygen atoms in total. The molecule has 1 saturated heterocycles. The SMILES string of the molecule is O=C(O)N1CCC(c2nc(-c3ccc(F)cc3)cs2)CC1. The summed E-state index contributed by atoms with van der Waals surface area (Å²) in [7, 11) is 0. The summed E-state index contributed by atoms with van der Waals surface area (Å²) < 4.78 is 12.9. The molecule has 0 unspecified atom stereocenters. The van der Waals surface area contributed by atoms with E-state index in [1.165, 1.54) is 17.0 Å². The molecule has 0 atom stereocenters. The minimum Gasteiger partial charge on any atom is -0.465 e. The normalized spacial score (nSPS) is 16.1. The van der Waals surface area contributed by atoms with E-state index in [9.17, 15) is 9.18 Å². The molecule has 0 radical (unpaired) electrons. The van der Waals surface area contributed by atoms with E-state index in [1.54, 1.807) is 23.5 Å². The van der Waals surface area contributed by atoms with E-state index < -0.39 is 6.09 Å². The molecule has 1 aromatic heterocycles. The number of benzene rings is 1. The smallest absolute Gasteiger partial charge is 0.407 e. The van der Waals surface area contributed by atoms with Gasteiger partial charge in [-0.1, -0.05) is 0 Å². The van der Waals surface area contributed by atoms with Crippen molar-refractivity contribution in [3.8, 4) is 11.3 Å². The lowest BCUT2D eigenvalue weighted by atomic mass is 9.98. The van der Waals surface area contributed by atoms with Gasteiger partial charge in [-0.2, -0.15) is 0 Å². The number of halogens is 1. The number of carbonyl (C=O) groups is 1. The first-order valence-corrected chi connectivity index (χ1v) is 7.70. The van der Waals surface area contributed by atoms with Gasteiger partial charge in [0.2, 0.25) is 0 Å². The minimum absolute atomic E-state index is 0.254. The minimum atomic E-state index is -0.848. The average Bonchev–Trinajstić information content (AvgIpc) is 2.98. The number of hydrogen-bond acceptors (Lipinski definition) is 3. The van der Waals surface area contributed by atoms with Gasteiger partial charge in [-0.15, -0.1) is 11.3 Å². The van der Waals surface area contributed by atoms with Crippen molar-refractivity contribution >= 4 is 17.4 Å². The number of carboxylic acid groups (broad SMARTS) is 1. The summed E-state index contributed by atoms with van der Waals surface area (Å²) in [6, 6.07) is 6.31. The zero-order chi connectivity index (χ0) is 14.8. The van der Waals surface area contributed by atoms with Gasteiger partial charge < -0.3 is 10.0 Å². The van der Waals surface area contributed by atoms with Crippen LogP contribution in [0.5, 0.6) is 0 Å². The first-order chi connectivity index (χ1) is 10.1. The fourth-order valence-electron chi connectivity index (χ4n) is 2.55. The van der Waals surface area contributed by atoms with Crippen molar-refractivity contribution in [1.82, 2.24) is 9.88 Å². The molecule has 110 valence electrons. The topological polar surface area (TPSA) is 53.4 Å². The van der Waals surface area contributed by atoms with Crippen LogP contribution in [-0.4, -0.2) is 34.2 Å². The number of rotatable bonds is 2. The fraction of sp³-hybridized carbons (Fsp3) is 0.333. The van der Waals surface area contributed by atoms with Crippen LogP contribution in [0.1, 0.15) is 23.8 Å². The molecule has 3 rings (SSSR count). The van der Waals surface area contributed by atoms with Gasteiger partial charge in [-0.3, -0.25) is 0 Å². The Morgan fingerprint density at radius 1 is 1.29 bits per heavy atom. The lowest BCUT2D eigenvalue weighted by Gasteiger charge is -2.28. The summed E-state index contributed by atoms with van der Waals surface area (Å²) >= 11 is 1.59. The predicted octanol–water partition coefficient (Wildman–Crippen LogP) is 3.81. The van der Waals surface area contributed by atoms with E-state index in [-0.39, 0.29) is 5.82 Å². The van der Waals surface area contributed by atoms with E-state index in [2.05, 4.69) is 4.98 Å². The summed E-state index contributed by atoms with van der Waals surface area (Å²) in [6.07, 6.45) is 0.769. The summed E-state index contributed by atoms with van der Waals surface area (Å²) in [6.45, 7) is 1.12. The second kappa shape index (κ2) is 5.81. The molecule has 0 saturated carbocycles. The number of thiazole rings is 1. The zero-order valence-corrected chi connectivity index (χ0v) is 12.1. The van der Waals surface area contributed by atoms with Crippen molar-refractivity contribution in [3.05, 3.63) is 40.5 Å². The van der Waals surface area contributed by atoms with Crippen molar-refractivity contribution in [3.63, 3.8) is 0 Å². The van der Waals surface area contributed by atoms with Crippen molar-refractivity contribution in [2.24, 2.45) is 0 Å². The second-order valence-electron chi connectivity index (χ2n) is 5.12. The Balaban J connectivity index is 1.71. The van der Waals surface area contributed by atoms with E-state index in [4.69, 9.17) is 5.11 Å². The number of likely N-dealkylation sites (tertiary alicyclic amines) is 1. The molecule has 1 aromatic carbocycles. The number of aromatic nitrogens is 1.